The van der Waals surface area contributed by atoms with Crippen molar-refractivity contribution in [1.29, 1.82) is 0 Å². The molecule has 4 heteroatoms. The number of nitrogens with zero attached hydrogens (tertiary/aromatic N) is 3. The van der Waals surface area contributed by atoms with Crippen molar-refractivity contribution in [2.24, 2.45) is 0 Å². The Balaban J connectivity index is 2.09. The Bertz CT molecular complexity index is 307. The summed E-state index contributed by atoms with van der Waals surface area (Å²) in [6, 6.07) is 2.09. The zero-order valence-electron chi connectivity index (χ0n) is 9.24. The van der Waals surface area contributed by atoms with E-state index in [1.54, 1.807) is 6.33 Å². The summed E-state index contributed by atoms with van der Waals surface area (Å²) in [5.41, 5.74) is 1.06. The summed E-state index contributed by atoms with van der Waals surface area (Å²) < 4.78 is 0. The van der Waals surface area contributed by atoms with E-state index in [1.807, 2.05) is 7.05 Å². The van der Waals surface area contributed by atoms with E-state index in [0.717, 1.165) is 31.1 Å². The molecule has 0 aromatic carbocycles. The molecule has 0 radical (unpaired) electrons. The van der Waals surface area contributed by atoms with Crippen LogP contribution < -0.4 is 10.2 Å². The van der Waals surface area contributed by atoms with E-state index in [0.29, 0.717) is 0 Å². The molecule has 0 bridgehead atoms. The van der Waals surface area contributed by atoms with E-state index in [2.05, 4.69) is 26.3 Å². The van der Waals surface area contributed by atoms with Crippen LogP contribution in [0.3, 0.4) is 0 Å². The highest BCUT2D eigenvalue weighted by Crippen LogP contribution is 2.17. The first-order valence-electron chi connectivity index (χ1n) is 5.60. The standard InChI is InChI=1S/C11H18N4/c1-12-8-10-7-11(14-9-13-10)15-5-3-2-4-6-15/h7,9,12H,2-6,8H2,1H3. The molecule has 0 spiro atoms. The molecule has 1 aliphatic rings. The molecule has 2 heterocycles. The minimum Gasteiger partial charge on any atom is -0.357 e. The van der Waals surface area contributed by atoms with E-state index in [-0.39, 0.29) is 0 Å². The normalized spacial score (nSPS) is 16.7. The van der Waals surface area contributed by atoms with Crippen LogP contribution in [0.2, 0.25) is 0 Å². The first-order chi connectivity index (χ1) is 7.40. The average molecular weight is 206 g/mol. The summed E-state index contributed by atoms with van der Waals surface area (Å²) in [6.45, 7) is 3.08. The van der Waals surface area contributed by atoms with E-state index >= 15 is 0 Å². The predicted molar refractivity (Wildman–Crippen MR) is 60.9 cm³/mol. The first kappa shape index (κ1) is 10.4. The van der Waals surface area contributed by atoms with Crippen LogP contribution in [0.1, 0.15) is 25.0 Å². The monoisotopic (exact) mass is 206 g/mol. The molecule has 0 atom stereocenters. The van der Waals surface area contributed by atoms with E-state index in [4.69, 9.17) is 0 Å². The molecule has 1 fully saturated rings. The smallest absolute Gasteiger partial charge is 0.132 e. The average Bonchev–Trinajstić information content (AvgIpc) is 2.31. The summed E-state index contributed by atoms with van der Waals surface area (Å²) >= 11 is 0. The molecular formula is C11H18N4. The van der Waals surface area contributed by atoms with Crippen LogP contribution in [-0.2, 0) is 6.54 Å². The Hall–Kier alpha value is -1.16. The van der Waals surface area contributed by atoms with Gasteiger partial charge in [0.25, 0.3) is 0 Å². The second-order valence-corrected chi connectivity index (χ2v) is 3.95. The zero-order valence-corrected chi connectivity index (χ0v) is 9.24. The summed E-state index contributed by atoms with van der Waals surface area (Å²) in [4.78, 5) is 10.9. The molecule has 1 aromatic rings. The molecule has 1 aromatic heterocycles. The lowest BCUT2D eigenvalue weighted by molar-refractivity contribution is 0.572. The number of hydrogen-bond donors (Lipinski definition) is 1. The van der Waals surface area contributed by atoms with Gasteiger partial charge in [0.2, 0.25) is 0 Å². The zero-order chi connectivity index (χ0) is 10.5. The SMILES string of the molecule is CNCc1cc(N2CCCCC2)ncn1. The van der Waals surface area contributed by atoms with Crippen molar-refractivity contribution in [2.75, 3.05) is 25.0 Å². The maximum absolute atomic E-state index is 4.33. The minimum absolute atomic E-state index is 0.809. The van der Waals surface area contributed by atoms with Crippen molar-refractivity contribution in [2.45, 2.75) is 25.8 Å². The summed E-state index contributed by atoms with van der Waals surface area (Å²) in [6.07, 6.45) is 5.58. The Morgan fingerprint density at radius 3 is 2.80 bits per heavy atom. The van der Waals surface area contributed by atoms with Gasteiger partial charge in [0.05, 0.1) is 5.69 Å². The van der Waals surface area contributed by atoms with Crippen molar-refractivity contribution >= 4 is 5.82 Å². The van der Waals surface area contributed by atoms with Crippen LogP contribution in [0.15, 0.2) is 12.4 Å². The molecule has 15 heavy (non-hydrogen) atoms. The van der Waals surface area contributed by atoms with Gasteiger partial charge in [-0.1, -0.05) is 0 Å². The second kappa shape index (κ2) is 5.07. The lowest BCUT2D eigenvalue weighted by atomic mass is 10.1. The van der Waals surface area contributed by atoms with Gasteiger partial charge in [-0.05, 0) is 26.3 Å². The molecule has 1 aliphatic heterocycles. The van der Waals surface area contributed by atoms with Crippen molar-refractivity contribution in [3.05, 3.63) is 18.1 Å². The third-order valence-corrected chi connectivity index (χ3v) is 2.75. The molecule has 82 valence electrons. The molecule has 4 nitrogen and oxygen atoms in total. The Labute approximate surface area is 90.7 Å². The van der Waals surface area contributed by atoms with Gasteiger partial charge in [0.1, 0.15) is 12.1 Å². The molecule has 2 rings (SSSR count). The van der Waals surface area contributed by atoms with Gasteiger partial charge in [-0.25, -0.2) is 9.97 Å². The van der Waals surface area contributed by atoms with E-state index in [1.165, 1.54) is 19.3 Å². The van der Waals surface area contributed by atoms with Gasteiger partial charge in [-0.2, -0.15) is 0 Å². The Morgan fingerprint density at radius 1 is 1.27 bits per heavy atom. The summed E-state index contributed by atoms with van der Waals surface area (Å²) in [5.74, 6) is 1.08. The van der Waals surface area contributed by atoms with Crippen molar-refractivity contribution in [3.63, 3.8) is 0 Å². The number of rotatable bonds is 3. The van der Waals surface area contributed by atoms with Crippen LogP contribution in [0.4, 0.5) is 5.82 Å². The fraction of sp³-hybridized carbons (Fsp3) is 0.636. The number of piperidine rings is 1. The fourth-order valence-corrected chi connectivity index (χ4v) is 1.96. The highest BCUT2D eigenvalue weighted by molar-refractivity contribution is 5.39. The minimum atomic E-state index is 0.809. The lowest BCUT2D eigenvalue weighted by Gasteiger charge is -2.27. The second-order valence-electron chi connectivity index (χ2n) is 3.95. The van der Waals surface area contributed by atoms with Crippen LogP contribution in [0.5, 0.6) is 0 Å². The third-order valence-electron chi connectivity index (χ3n) is 2.75. The third kappa shape index (κ3) is 2.65. The lowest BCUT2D eigenvalue weighted by Crippen LogP contribution is -2.30. The number of nitrogens with one attached hydrogen (secondary N) is 1. The fourth-order valence-electron chi connectivity index (χ4n) is 1.96. The van der Waals surface area contributed by atoms with Gasteiger partial charge >= 0.3 is 0 Å². The Morgan fingerprint density at radius 2 is 2.07 bits per heavy atom. The van der Waals surface area contributed by atoms with Gasteiger partial charge in [0.15, 0.2) is 0 Å². The maximum Gasteiger partial charge on any atom is 0.132 e. The van der Waals surface area contributed by atoms with E-state index < -0.39 is 0 Å². The quantitative estimate of drug-likeness (QED) is 0.806. The predicted octanol–water partition coefficient (Wildman–Crippen LogP) is 1.19. The van der Waals surface area contributed by atoms with Gasteiger partial charge < -0.3 is 10.2 Å². The van der Waals surface area contributed by atoms with E-state index in [9.17, 15) is 0 Å². The highest BCUT2D eigenvalue weighted by Gasteiger charge is 2.12. The highest BCUT2D eigenvalue weighted by atomic mass is 15.2. The molecule has 1 saturated heterocycles. The molecule has 0 unspecified atom stereocenters. The van der Waals surface area contributed by atoms with Gasteiger partial charge in [-0.3, -0.25) is 0 Å². The number of anilines is 1. The van der Waals surface area contributed by atoms with Crippen molar-refractivity contribution in [1.82, 2.24) is 15.3 Å². The topological polar surface area (TPSA) is 41.0 Å². The molecule has 0 amide bonds. The van der Waals surface area contributed by atoms with Crippen molar-refractivity contribution in [3.8, 4) is 0 Å². The van der Waals surface area contributed by atoms with Crippen LogP contribution in [-0.4, -0.2) is 30.1 Å². The van der Waals surface area contributed by atoms with Crippen LogP contribution >= 0.6 is 0 Å². The summed E-state index contributed by atoms with van der Waals surface area (Å²) in [7, 11) is 1.93. The number of aromatic nitrogens is 2. The molecule has 1 N–H and O–H groups in total. The maximum atomic E-state index is 4.33. The van der Waals surface area contributed by atoms with Gasteiger partial charge in [0, 0.05) is 25.7 Å². The molecule has 0 saturated carbocycles. The molecule has 0 aliphatic carbocycles. The first-order valence-corrected chi connectivity index (χ1v) is 5.60. The van der Waals surface area contributed by atoms with Gasteiger partial charge in [-0.15, -0.1) is 0 Å². The number of hydrogen-bond acceptors (Lipinski definition) is 4. The largest absolute Gasteiger partial charge is 0.357 e. The van der Waals surface area contributed by atoms with Crippen LogP contribution in [0.25, 0.3) is 0 Å². The summed E-state index contributed by atoms with van der Waals surface area (Å²) in [5, 5.41) is 3.11. The molecular weight excluding hydrogens is 188 g/mol. The Kier molecular flexibility index (Phi) is 3.50. The van der Waals surface area contributed by atoms with Crippen LogP contribution in [0, 0.1) is 0 Å². The van der Waals surface area contributed by atoms with Crippen molar-refractivity contribution < 1.29 is 0 Å².